The maximum absolute atomic E-state index is 11.4. The average Bonchev–Trinajstić information content (AvgIpc) is 2.40. The van der Waals surface area contributed by atoms with Crippen molar-refractivity contribution in [1.29, 1.82) is 0 Å². The van der Waals surface area contributed by atoms with Crippen molar-refractivity contribution in [1.82, 2.24) is 5.32 Å². The molecule has 0 fully saturated rings. The molecule has 0 saturated carbocycles. The molecule has 0 aromatic heterocycles. The summed E-state index contributed by atoms with van der Waals surface area (Å²) in [4.78, 5) is 26.9. The van der Waals surface area contributed by atoms with Crippen molar-refractivity contribution in [2.75, 3.05) is 11.9 Å². The van der Waals surface area contributed by atoms with Gasteiger partial charge in [0.25, 0.3) is 5.91 Å². The summed E-state index contributed by atoms with van der Waals surface area (Å²) in [5.41, 5.74) is 0.645. The Balaban J connectivity index is 2.25. The molecule has 0 unspecified atom stereocenters. The maximum atomic E-state index is 11.4. The molecule has 0 radical (unpaired) electrons. The summed E-state index contributed by atoms with van der Waals surface area (Å²) >= 11 is 0. The number of rotatable bonds is 6. The van der Waals surface area contributed by atoms with Crippen molar-refractivity contribution < 1.29 is 14.4 Å². The zero-order valence-corrected chi connectivity index (χ0v) is 10.8. The predicted octanol–water partition coefficient (Wildman–Crippen LogP) is 2.14. The lowest BCUT2D eigenvalue weighted by atomic mass is 10.3. The van der Waals surface area contributed by atoms with Crippen LogP contribution in [0.2, 0.25) is 0 Å². The Labute approximate surface area is 111 Å². The molecule has 6 nitrogen and oxygen atoms in total. The van der Waals surface area contributed by atoms with Crippen LogP contribution in [0.3, 0.4) is 0 Å². The Morgan fingerprint density at radius 3 is 2.74 bits per heavy atom. The average molecular weight is 263 g/mol. The molecule has 0 aliphatic rings. The third-order valence-electron chi connectivity index (χ3n) is 2.15. The summed E-state index contributed by atoms with van der Waals surface area (Å²) in [5, 5.41) is 8.37. The van der Waals surface area contributed by atoms with E-state index in [1.165, 1.54) is 0 Å². The number of benzene rings is 1. The fourth-order valence-electron chi connectivity index (χ4n) is 1.22. The number of hydrogen-bond donors (Lipinski definition) is 2. The van der Waals surface area contributed by atoms with E-state index in [4.69, 9.17) is 0 Å². The quantitative estimate of drug-likeness (QED) is 0.357. The van der Waals surface area contributed by atoms with Gasteiger partial charge in [0.2, 0.25) is 0 Å². The molecule has 0 spiro atoms. The van der Waals surface area contributed by atoms with Crippen LogP contribution < -0.4 is 10.6 Å². The fourth-order valence-corrected chi connectivity index (χ4v) is 1.22. The molecule has 0 aliphatic heterocycles. The van der Waals surface area contributed by atoms with Crippen LogP contribution in [-0.4, -0.2) is 24.8 Å². The highest BCUT2D eigenvalue weighted by Gasteiger charge is 2.01. The molecule has 1 aromatic rings. The van der Waals surface area contributed by atoms with Crippen molar-refractivity contribution in [3.63, 3.8) is 0 Å². The number of para-hydroxylation sites is 1. The fraction of sp³-hybridized carbons (Fsp3) is 0.308. The van der Waals surface area contributed by atoms with Crippen molar-refractivity contribution in [2.24, 2.45) is 5.16 Å². The lowest BCUT2D eigenvalue weighted by Gasteiger charge is -2.01. The second-order valence-electron chi connectivity index (χ2n) is 3.75. The van der Waals surface area contributed by atoms with Crippen LogP contribution in [0, 0.1) is 0 Å². The number of hydrogen-bond acceptors (Lipinski definition) is 4. The summed E-state index contributed by atoms with van der Waals surface area (Å²) in [6.45, 7) is 2.54. The third kappa shape index (κ3) is 6.82. The zero-order chi connectivity index (χ0) is 13.9. The van der Waals surface area contributed by atoms with E-state index in [9.17, 15) is 9.59 Å². The van der Waals surface area contributed by atoms with Gasteiger partial charge in [0, 0.05) is 12.2 Å². The molecule has 0 atom stereocenters. The van der Waals surface area contributed by atoms with Gasteiger partial charge >= 0.3 is 6.09 Å². The van der Waals surface area contributed by atoms with Gasteiger partial charge < -0.3 is 10.6 Å². The molecular weight excluding hydrogens is 246 g/mol. The minimum Gasteiger partial charge on any atom is -0.321 e. The van der Waals surface area contributed by atoms with E-state index >= 15 is 0 Å². The van der Waals surface area contributed by atoms with E-state index in [1.54, 1.807) is 24.3 Å². The molecule has 0 heterocycles. The Bertz CT molecular complexity index is 432. The maximum Gasteiger partial charge on any atom is 0.433 e. The zero-order valence-electron chi connectivity index (χ0n) is 10.8. The standard InChI is InChI=1S/C13H17N3O3/c1-2-3-9-14-13(18)19-15-10-12(17)16-11-7-5-4-6-8-11/h4-8,10H,2-3,9H2,1H3,(H,14,18)(H,16,17). The van der Waals surface area contributed by atoms with Gasteiger partial charge in [-0.2, -0.15) is 0 Å². The molecule has 102 valence electrons. The van der Waals surface area contributed by atoms with E-state index in [1.807, 2.05) is 13.0 Å². The summed E-state index contributed by atoms with van der Waals surface area (Å²) in [6.07, 6.45) is 2.08. The Hall–Kier alpha value is -2.37. The summed E-state index contributed by atoms with van der Waals surface area (Å²) < 4.78 is 0. The number of carbonyl (C=O) groups excluding carboxylic acids is 2. The van der Waals surface area contributed by atoms with Crippen molar-refractivity contribution in [3.05, 3.63) is 30.3 Å². The monoisotopic (exact) mass is 263 g/mol. The topological polar surface area (TPSA) is 79.8 Å². The Morgan fingerprint density at radius 1 is 1.32 bits per heavy atom. The first-order valence-electron chi connectivity index (χ1n) is 6.06. The van der Waals surface area contributed by atoms with E-state index < -0.39 is 12.0 Å². The summed E-state index contributed by atoms with van der Waals surface area (Å²) in [6, 6.07) is 8.91. The lowest BCUT2D eigenvalue weighted by molar-refractivity contribution is -0.110. The molecule has 0 saturated heterocycles. The van der Waals surface area contributed by atoms with Crippen LogP contribution in [0.5, 0.6) is 0 Å². The van der Waals surface area contributed by atoms with Gasteiger partial charge in [0.1, 0.15) is 6.21 Å². The molecule has 1 rings (SSSR count). The molecule has 2 amide bonds. The van der Waals surface area contributed by atoms with Crippen LogP contribution in [0.4, 0.5) is 10.5 Å². The Morgan fingerprint density at radius 2 is 2.05 bits per heavy atom. The minimum atomic E-state index is -0.669. The second-order valence-corrected chi connectivity index (χ2v) is 3.75. The third-order valence-corrected chi connectivity index (χ3v) is 2.15. The van der Waals surface area contributed by atoms with Crippen molar-refractivity contribution >= 4 is 23.9 Å². The van der Waals surface area contributed by atoms with Gasteiger partial charge in [-0.3, -0.25) is 9.63 Å². The molecule has 0 bridgehead atoms. The van der Waals surface area contributed by atoms with E-state index in [0.29, 0.717) is 12.2 Å². The smallest absolute Gasteiger partial charge is 0.321 e. The second kappa shape index (κ2) is 8.68. The lowest BCUT2D eigenvalue weighted by Crippen LogP contribution is -2.24. The highest BCUT2D eigenvalue weighted by Crippen LogP contribution is 2.03. The first-order chi connectivity index (χ1) is 9.22. The van der Waals surface area contributed by atoms with Crippen LogP contribution in [0.1, 0.15) is 19.8 Å². The summed E-state index contributed by atoms with van der Waals surface area (Å²) in [7, 11) is 0. The highest BCUT2D eigenvalue weighted by atomic mass is 16.7. The molecular formula is C13H17N3O3. The predicted molar refractivity (Wildman–Crippen MR) is 73.0 cm³/mol. The highest BCUT2D eigenvalue weighted by molar-refractivity contribution is 6.31. The van der Waals surface area contributed by atoms with Crippen LogP contribution in [-0.2, 0) is 9.63 Å². The molecule has 1 aromatic carbocycles. The van der Waals surface area contributed by atoms with Crippen molar-refractivity contribution in [3.8, 4) is 0 Å². The molecule has 0 aliphatic carbocycles. The van der Waals surface area contributed by atoms with Gasteiger partial charge in [-0.1, -0.05) is 36.7 Å². The van der Waals surface area contributed by atoms with Gasteiger partial charge in [-0.25, -0.2) is 4.79 Å². The number of amides is 2. The Kier molecular flexibility index (Phi) is 6.71. The normalized spacial score (nSPS) is 10.2. The summed E-state index contributed by atoms with van der Waals surface area (Å²) in [5.74, 6) is -0.465. The number of oxime groups is 1. The van der Waals surface area contributed by atoms with Gasteiger partial charge in [-0.05, 0) is 18.6 Å². The molecule has 2 N–H and O–H groups in total. The van der Waals surface area contributed by atoms with E-state index in [-0.39, 0.29) is 0 Å². The molecule has 19 heavy (non-hydrogen) atoms. The first-order valence-corrected chi connectivity index (χ1v) is 6.06. The van der Waals surface area contributed by atoms with Gasteiger partial charge in [0.15, 0.2) is 0 Å². The minimum absolute atomic E-state index is 0.465. The van der Waals surface area contributed by atoms with Gasteiger partial charge in [0.05, 0.1) is 0 Å². The number of nitrogens with zero attached hydrogens (tertiary/aromatic N) is 1. The van der Waals surface area contributed by atoms with Crippen LogP contribution in [0.15, 0.2) is 35.5 Å². The van der Waals surface area contributed by atoms with Crippen LogP contribution >= 0.6 is 0 Å². The number of nitrogens with one attached hydrogen (secondary N) is 2. The van der Waals surface area contributed by atoms with Crippen molar-refractivity contribution in [2.45, 2.75) is 19.8 Å². The van der Waals surface area contributed by atoms with Gasteiger partial charge in [-0.15, -0.1) is 0 Å². The van der Waals surface area contributed by atoms with E-state index in [2.05, 4.69) is 20.6 Å². The number of anilines is 1. The SMILES string of the molecule is CCCCNC(=O)ON=CC(=O)Nc1ccccc1. The largest absolute Gasteiger partial charge is 0.433 e. The first kappa shape index (κ1) is 14.7. The van der Waals surface area contributed by atoms with E-state index in [0.717, 1.165) is 19.1 Å². The number of unbranched alkanes of at least 4 members (excludes halogenated alkanes) is 1. The van der Waals surface area contributed by atoms with Crippen LogP contribution in [0.25, 0.3) is 0 Å². The molecule has 6 heteroatoms. The number of carbonyl (C=O) groups is 2.